The maximum atomic E-state index is 10.8. The second-order valence-corrected chi connectivity index (χ2v) is 3.27. The number of aliphatic hydroxyl groups excluding tert-OH is 2. The summed E-state index contributed by atoms with van der Waals surface area (Å²) in [5.74, 6) is -2.52. The molecule has 8 nitrogen and oxygen atoms in total. The molecule has 0 saturated carbocycles. The molecule has 2 amide bonds. The SMILES string of the molecule is O=C(CO)NCCC[C@@H](NC(=O)CO)C(=O)O. The molecular weight excluding hydrogens is 232 g/mol. The summed E-state index contributed by atoms with van der Waals surface area (Å²) >= 11 is 0. The lowest BCUT2D eigenvalue weighted by molar-refractivity contribution is -0.142. The molecule has 17 heavy (non-hydrogen) atoms. The van der Waals surface area contributed by atoms with E-state index in [1.165, 1.54) is 0 Å². The monoisotopic (exact) mass is 248 g/mol. The van der Waals surface area contributed by atoms with Gasteiger partial charge in [0, 0.05) is 6.54 Å². The zero-order valence-electron chi connectivity index (χ0n) is 9.18. The molecule has 0 heterocycles. The predicted octanol–water partition coefficient (Wildman–Crippen LogP) is -2.56. The smallest absolute Gasteiger partial charge is 0.326 e. The van der Waals surface area contributed by atoms with E-state index in [9.17, 15) is 14.4 Å². The zero-order valence-corrected chi connectivity index (χ0v) is 9.18. The van der Waals surface area contributed by atoms with Crippen LogP contribution in [0.2, 0.25) is 0 Å². The first-order valence-corrected chi connectivity index (χ1v) is 5.01. The van der Waals surface area contributed by atoms with Gasteiger partial charge < -0.3 is 26.0 Å². The molecule has 0 bridgehead atoms. The Balaban J connectivity index is 3.90. The van der Waals surface area contributed by atoms with E-state index < -0.39 is 37.0 Å². The van der Waals surface area contributed by atoms with Crippen molar-refractivity contribution >= 4 is 17.8 Å². The lowest BCUT2D eigenvalue weighted by Crippen LogP contribution is -2.42. The number of amides is 2. The first kappa shape index (κ1) is 15.3. The largest absolute Gasteiger partial charge is 0.480 e. The fourth-order valence-corrected chi connectivity index (χ4v) is 1.09. The van der Waals surface area contributed by atoms with Crippen LogP contribution < -0.4 is 10.6 Å². The number of carbonyl (C=O) groups is 3. The lowest BCUT2D eigenvalue weighted by Gasteiger charge is -2.13. The molecule has 0 aliphatic rings. The molecule has 0 aromatic rings. The number of aliphatic hydroxyl groups is 2. The van der Waals surface area contributed by atoms with Crippen molar-refractivity contribution in [1.82, 2.24) is 10.6 Å². The van der Waals surface area contributed by atoms with E-state index in [1.54, 1.807) is 0 Å². The Kier molecular flexibility index (Phi) is 7.65. The Morgan fingerprint density at radius 2 is 1.65 bits per heavy atom. The van der Waals surface area contributed by atoms with Crippen molar-refractivity contribution in [2.75, 3.05) is 19.8 Å². The third-order valence-electron chi connectivity index (χ3n) is 1.91. The van der Waals surface area contributed by atoms with E-state index in [-0.39, 0.29) is 13.0 Å². The summed E-state index contributed by atoms with van der Waals surface area (Å²) in [7, 11) is 0. The molecule has 8 heteroatoms. The molecule has 0 aliphatic heterocycles. The topological polar surface area (TPSA) is 136 Å². The molecule has 0 aromatic carbocycles. The Labute approximate surface area is 97.6 Å². The molecule has 0 aromatic heterocycles. The van der Waals surface area contributed by atoms with Crippen molar-refractivity contribution in [1.29, 1.82) is 0 Å². The standard InChI is InChI=1S/C9H16N2O6/c12-4-7(14)10-3-1-2-6(9(16)17)11-8(15)5-13/h6,12-13H,1-5H2,(H,10,14)(H,11,15)(H,16,17)/t6-/m1/s1. The van der Waals surface area contributed by atoms with Crippen LogP contribution >= 0.6 is 0 Å². The first-order chi connectivity index (χ1) is 8.01. The van der Waals surface area contributed by atoms with Crippen LogP contribution in [0, 0.1) is 0 Å². The minimum Gasteiger partial charge on any atom is -0.480 e. The van der Waals surface area contributed by atoms with Crippen molar-refractivity contribution in [2.24, 2.45) is 0 Å². The van der Waals surface area contributed by atoms with Crippen LogP contribution in [0.25, 0.3) is 0 Å². The van der Waals surface area contributed by atoms with E-state index in [0.717, 1.165) is 0 Å². The van der Waals surface area contributed by atoms with Gasteiger partial charge in [-0.1, -0.05) is 0 Å². The number of nitrogens with one attached hydrogen (secondary N) is 2. The minimum absolute atomic E-state index is 0.118. The molecule has 0 unspecified atom stereocenters. The summed E-state index contributed by atoms with van der Waals surface area (Å²) in [4.78, 5) is 32.1. The summed E-state index contributed by atoms with van der Waals surface area (Å²) in [5.41, 5.74) is 0. The van der Waals surface area contributed by atoms with Crippen molar-refractivity contribution < 1.29 is 29.7 Å². The number of carboxylic acid groups (broad SMARTS) is 1. The van der Waals surface area contributed by atoms with Gasteiger partial charge in [0.05, 0.1) is 0 Å². The van der Waals surface area contributed by atoms with Crippen LogP contribution in [0.4, 0.5) is 0 Å². The van der Waals surface area contributed by atoms with Crippen molar-refractivity contribution in [3.63, 3.8) is 0 Å². The van der Waals surface area contributed by atoms with Gasteiger partial charge in [-0.15, -0.1) is 0 Å². The highest BCUT2D eigenvalue weighted by Gasteiger charge is 2.18. The first-order valence-electron chi connectivity index (χ1n) is 5.01. The van der Waals surface area contributed by atoms with E-state index in [4.69, 9.17) is 15.3 Å². The molecule has 0 spiro atoms. The van der Waals surface area contributed by atoms with E-state index in [0.29, 0.717) is 6.42 Å². The Morgan fingerprint density at radius 3 is 2.12 bits per heavy atom. The average molecular weight is 248 g/mol. The summed E-state index contributed by atoms with van der Waals surface area (Å²) in [6, 6.07) is -1.10. The third-order valence-corrected chi connectivity index (χ3v) is 1.91. The number of hydrogen-bond acceptors (Lipinski definition) is 5. The van der Waals surface area contributed by atoms with Gasteiger partial charge in [0.15, 0.2) is 0 Å². The van der Waals surface area contributed by atoms with Gasteiger partial charge in [-0.25, -0.2) is 4.79 Å². The molecule has 1 atom stereocenters. The van der Waals surface area contributed by atoms with E-state index in [2.05, 4.69) is 10.6 Å². The highest BCUT2D eigenvalue weighted by Crippen LogP contribution is 1.97. The molecule has 0 aliphatic carbocycles. The maximum Gasteiger partial charge on any atom is 0.326 e. The fourth-order valence-electron chi connectivity index (χ4n) is 1.09. The molecular formula is C9H16N2O6. The van der Waals surface area contributed by atoms with Gasteiger partial charge in [-0.3, -0.25) is 9.59 Å². The average Bonchev–Trinajstić information content (AvgIpc) is 2.31. The normalized spacial score (nSPS) is 11.6. The van der Waals surface area contributed by atoms with Gasteiger partial charge >= 0.3 is 5.97 Å². The van der Waals surface area contributed by atoms with Crippen LogP contribution in [-0.2, 0) is 14.4 Å². The number of hydrogen-bond donors (Lipinski definition) is 5. The fraction of sp³-hybridized carbons (Fsp3) is 0.667. The Morgan fingerprint density at radius 1 is 1.06 bits per heavy atom. The predicted molar refractivity (Wildman–Crippen MR) is 56.0 cm³/mol. The lowest BCUT2D eigenvalue weighted by atomic mass is 10.1. The molecule has 98 valence electrons. The number of carbonyl (C=O) groups excluding carboxylic acids is 2. The molecule has 5 N–H and O–H groups in total. The van der Waals surface area contributed by atoms with Gasteiger partial charge in [0.25, 0.3) is 0 Å². The summed E-state index contributed by atoms with van der Waals surface area (Å²) < 4.78 is 0. The zero-order chi connectivity index (χ0) is 13.3. The number of carboxylic acids is 1. The van der Waals surface area contributed by atoms with Crippen molar-refractivity contribution in [3.05, 3.63) is 0 Å². The molecule has 0 radical (unpaired) electrons. The van der Waals surface area contributed by atoms with Gasteiger partial charge in [0.2, 0.25) is 11.8 Å². The molecule has 0 saturated heterocycles. The summed E-state index contributed by atoms with van der Waals surface area (Å²) in [6.45, 7) is -1.19. The maximum absolute atomic E-state index is 10.8. The van der Waals surface area contributed by atoms with Gasteiger partial charge in [-0.2, -0.15) is 0 Å². The molecule has 0 fully saturated rings. The highest BCUT2D eigenvalue weighted by atomic mass is 16.4. The Hall–Kier alpha value is -1.67. The second kappa shape index (κ2) is 8.48. The molecule has 0 rings (SSSR count). The summed E-state index contributed by atoms with van der Waals surface area (Å²) in [5, 5.41) is 30.1. The van der Waals surface area contributed by atoms with E-state index >= 15 is 0 Å². The second-order valence-electron chi connectivity index (χ2n) is 3.27. The van der Waals surface area contributed by atoms with Crippen LogP contribution in [0.5, 0.6) is 0 Å². The quantitative estimate of drug-likeness (QED) is 0.300. The van der Waals surface area contributed by atoms with E-state index in [1.807, 2.05) is 0 Å². The Bertz CT molecular complexity index is 281. The highest BCUT2D eigenvalue weighted by molar-refractivity contribution is 5.84. The van der Waals surface area contributed by atoms with Gasteiger partial charge in [-0.05, 0) is 12.8 Å². The van der Waals surface area contributed by atoms with Crippen LogP contribution in [0.15, 0.2) is 0 Å². The van der Waals surface area contributed by atoms with Crippen LogP contribution in [-0.4, -0.2) is 58.9 Å². The number of rotatable bonds is 8. The minimum atomic E-state index is -1.21. The van der Waals surface area contributed by atoms with Crippen LogP contribution in [0.3, 0.4) is 0 Å². The number of aliphatic carboxylic acids is 1. The van der Waals surface area contributed by atoms with Gasteiger partial charge in [0.1, 0.15) is 19.3 Å². The third kappa shape index (κ3) is 7.25. The van der Waals surface area contributed by atoms with Crippen molar-refractivity contribution in [3.8, 4) is 0 Å². The summed E-state index contributed by atoms with van der Waals surface area (Å²) in [6.07, 6.45) is 0.446. The van der Waals surface area contributed by atoms with Crippen LogP contribution in [0.1, 0.15) is 12.8 Å². The van der Waals surface area contributed by atoms with Crippen molar-refractivity contribution in [2.45, 2.75) is 18.9 Å².